The minimum Gasteiger partial charge on any atom is -0.494 e. The van der Waals surface area contributed by atoms with E-state index in [1.807, 2.05) is 0 Å². The van der Waals surface area contributed by atoms with E-state index in [2.05, 4.69) is 20.5 Å². The standard InChI is InChI=1S/C14H13N5O3S/c20-11(8-3-5-15-6-4-8)18-16-7-10-12(21)17-14(23)19(13(10)22)9-1-2-9/h3-7,9,22H,1-2H2,(H,18,20)(H,17,21,23)/b16-7-. The molecule has 0 bridgehead atoms. The van der Waals surface area contributed by atoms with Crippen molar-refractivity contribution in [1.82, 2.24) is 20.0 Å². The first-order chi connectivity index (χ1) is 11.1. The number of nitrogens with one attached hydrogen (secondary N) is 2. The number of carbonyl (C=O) groups is 1. The number of nitrogens with zero attached hydrogens (tertiary/aromatic N) is 3. The van der Waals surface area contributed by atoms with E-state index in [9.17, 15) is 14.7 Å². The van der Waals surface area contributed by atoms with Crippen molar-refractivity contribution in [2.45, 2.75) is 18.9 Å². The highest BCUT2D eigenvalue weighted by atomic mass is 32.1. The third kappa shape index (κ3) is 3.19. The predicted molar refractivity (Wildman–Crippen MR) is 85.1 cm³/mol. The van der Waals surface area contributed by atoms with Gasteiger partial charge in [0.2, 0.25) is 5.88 Å². The van der Waals surface area contributed by atoms with E-state index in [0.29, 0.717) is 5.56 Å². The van der Waals surface area contributed by atoms with Gasteiger partial charge in [-0.3, -0.25) is 24.1 Å². The van der Waals surface area contributed by atoms with E-state index < -0.39 is 11.5 Å². The van der Waals surface area contributed by atoms with Gasteiger partial charge < -0.3 is 5.11 Å². The molecule has 2 aromatic rings. The normalized spacial score (nSPS) is 14.1. The zero-order valence-corrected chi connectivity index (χ0v) is 12.7. The third-order valence-electron chi connectivity index (χ3n) is 3.37. The van der Waals surface area contributed by atoms with Crippen LogP contribution in [-0.2, 0) is 0 Å². The van der Waals surface area contributed by atoms with Crippen LogP contribution in [0.3, 0.4) is 0 Å². The number of carbonyl (C=O) groups excluding carboxylic acids is 1. The maximum absolute atomic E-state index is 11.9. The SMILES string of the molecule is O=C(N/N=C\c1c(O)n(C2CC2)c(=S)[nH]c1=O)c1ccncc1. The van der Waals surface area contributed by atoms with E-state index in [4.69, 9.17) is 12.2 Å². The van der Waals surface area contributed by atoms with E-state index >= 15 is 0 Å². The zero-order valence-electron chi connectivity index (χ0n) is 11.9. The summed E-state index contributed by atoms with van der Waals surface area (Å²) in [7, 11) is 0. The molecule has 1 amide bonds. The second-order valence-electron chi connectivity index (χ2n) is 5.03. The van der Waals surface area contributed by atoms with E-state index in [1.165, 1.54) is 29.1 Å². The van der Waals surface area contributed by atoms with Gasteiger partial charge in [0.05, 0.1) is 6.21 Å². The van der Waals surface area contributed by atoms with Crippen LogP contribution in [0.2, 0.25) is 0 Å². The Morgan fingerprint density at radius 2 is 2.17 bits per heavy atom. The lowest BCUT2D eigenvalue weighted by Gasteiger charge is -2.09. The van der Waals surface area contributed by atoms with Gasteiger partial charge in [0.1, 0.15) is 5.56 Å². The van der Waals surface area contributed by atoms with Gasteiger partial charge in [0.25, 0.3) is 11.5 Å². The second kappa shape index (κ2) is 6.13. The molecule has 0 aliphatic heterocycles. The van der Waals surface area contributed by atoms with Gasteiger partial charge in [-0.2, -0.15) is 5.10 Å². The molecule has 0 aromatic carbocycles. The van der Waals surface area contributed by atoms with Gasteiger partial charge in [0.15, 0.2) is 4.77 Å². The van der Waals surface area contributed by atoms with Crippen LogP contribution in [0.5, 0.6) is 5.88 Å². The van der Waals surface area contributed by atoms with Crippen LogP contribution in [-0.4, -0.2) is 31.8 Å². The number of hydrogen-bond acceptors (Lipinski definition) is 6. The molecule has 1 saturated carbocycles. The number of aromatic hydroxyl groups is 1. The molecule has 3 N–H and O–H groups in total. The Morgan fingerprint density at radius 3 is 2.83 bits per heavy atom. The first kappa shape index (κ1) is 15.1. The summed E-state index contributed by atoms with van der Waals surface area (Å²) in [6, 6.07) is 3.16. The summed E-state index contributed by atoms with van der Waals surface area (Å²) in [5, 5.41) is 13.9. The van der Waals surface area contributed by atoms with Crippen molar-refractivity contribution in [2.75, 3.05) is 0 Å². The molecule has 0 atom stereocenters. The van der Waals surface area contributed by atoms with Crippen molar-refractivity contribution in [2.24, 2.45) is 5.10 Å². The summed E-state index contributed by atoms with van der Waals surface area (Å²) >= 11 is 5.05. The lowest BCUT2D eigenvalue weighted by molar-refractivity contribution is 0.0955. The average molecular weight is 331 g/mol. The number of amides is 1. The van der Waals surface area contributed by atoms with Crippen molar-refractivity contribution in [3.8, 4) is 5.88 Å². The Hall–Kier alpha value is -2.81. The van der Waals surface area contributed by atoms with Crippen molar-refractivity contribution in [3.63, 3.8) is 0 Å². The monoisotopic (exact) mass is 331 g/mol. The van der Waals surface area contributed by atoms with Gasteiger partial charge in [0, 0.05) is 24.0 Å². The Morgan fingerprint density at radius 1 is 1.48 bits per heavy atom. The molecule has 0 saturated heterocycles. The molecule has 8 nitrogen and oxygen atoms in total. The number of hydrogen-bond donors (Lipinski definition) is 3. The van der Waals surface area contributed by atoms with Crippen LogP contribution in [0.1, 0.15) is 34.8 Å². The minimum atomic E-state index is -0.564. The molecule has 1 aliphatic rings. The summed E-state index contributed by atoms with van der Waals surface area (Å²) in [6.07, 6.45) is 5.85. The van der Waals surface area contributed by atoms with E-state index in [0.717, 1.165) is 19.1 Å². The van der Waals surface area contributed by atoms with E-state index in [1.54, 1.807) is 0 Å². The molecular weight excluding hydrogens is 318 g/mol. The fourth-order valence-electron chi connectivity index (χ4n) is 2.06. The summed E-state index contributed by atoms with van der Waals surface area (Å²) in [4.78, 5) is 30.0. The maximum atomic E-state index is 11.9. The number of aromatic amines is 1. The van der Waals surface area contributed by atoms with Crippen molar-refractivity contribution < 1.29 is 9.90 Å². The Kier molecular flexibility index (Phi) is 4.02. The molecule has 1 aliphatic carbocycles. The second-order valence-corrected chi connectivity index (χ2v) is 5.42. The third-order valence-corrected chi connectivity index (χ3v) is 3.67. The summed E-state index contributed by atoms with van der Waals surface area (Å²) in [5.41, 5.74) is 2.04. The van der Waals surface area contributed by atoms with Crippen molar-refractivity contribution >= 4 is 24.3 Å². The topological polar surface area (TPSA) is 112 Å². The van der Waals surface area contributed by atoms with Gasteiger partial charge in [-0.1, -0.05) is 0 Å². The summed E-state index contributed by atoms with van der Waals surface area (Å²) in [6.45, 7) is 0. The van der Waals surface area contributed by atoms with Gasteiger partial charge in [-0.25, -0.2) is 5.43 Å². The number of H-pyrrole nitrogens is 1. The fourth-order valence-corrected chi connectivity index (χ4v) is 2.39. The first-order valence-corrected chi connectivity index (χ1v) is 7.30. The van der Waals surface area contributed by atoms with Crippen LogP contribution in [0.4, 0.5) is 0 Å². The lowest BCUT2D eigenvalue weighted by atomic mass is 10.3. The number of hydrazone groups is 1. The highest BCUT2D eigenvalue weighted by Gasteiger charge is 2.27. The zero-order chi connectivity index (χ0) is 16.4. The maximum Gasteiger partial charge on any atom is 0.271 e. The van der Waals surface area contributed by atoms with Crippen LogP contribution in [0.25, 0.3) is 0 Å². The minimum absolute atomic E-state index is 0.0551. The van der Waals surface area contributed by atoms with E-state index in [-0.39, 0.29) is 22.3 Å². The summed E-state index contributed by atoms with van der Waals surface area (Å²) in [5.74, 6) is -0.697. The molecule has 2 heterocycles. The quantitative estimate of drug-likeness (QED) is 0.441. The largest absolute Gasteiger partial charge is 0.494 e. The number of pyridine rings is 1. The van der Waals surface area contributed by atoms with Crippen LogP contribution < -0.4 is 11.0 Å². The highest BCUT2D eigenvalue weighted by Crippen LogP contribution is 2.37. The molecule has 1 fully saturated rings. The molecular formula is C14H13N5O3S. The lowest BCUT2D eigenvalue weighted by Crippen LogP contribution is -2.21. The molecule has 0 radical (unpaired) electrons. The Balaban J connectivity index is 1.83. The molecule has 3 rings (SSSR count). The smallest absolute Gasteiger partial charge is 0.271 e. The van der Waals surface area contributed by atoms with Gasteiger partial charge >= 0.3 is 0 Å². The van der Waals surface area contributed by atoms with Crippen LogP contribution >= 0.6 is 12.2 Å². The molecule has 118 valence electrons. The number of rotatable bonds is 4. The average Bonchev–Trinajstić information content (AvgIpc) is 3.35. The molecule has 9 heteroatoms. The Labute approximate surface area is 135 Å². The first-order valence-electron chi connectivity index (χ1n) is 6.89. The van der Waals surface area contributed by atoms with Crippen molar-refractivity contribution in [1.29, 1.82) is 0 Å². The summed E-state index contributed by atoms with van der Waals surface area (Å²) < 4.78 is 1.66. The fraction of sp³-hybridized carbons (Fsp3) is 0.214. The van der Waals surface area contributed by atoms with Crippen LogP contribution in [0, 0.1) is 4.77 Å². The van der Waals surface area contributed by atoms with Crippen LogP contribution in [0.15, 0.2) is 34.4 Å². The van der Waals surface area contributed by atoms with Crippen molar-refractivity contribution in [3.05, 3.63) is 50.8 Å². The molecule has 0 unspecified atom stereocenters. The number of aromatic nitrogens is 3. The molecule has 23 heavy (non-hydrogen) atoms. The van der Waals surface area contributed by atoms with Gasteiger partial charge in [-0.05, 0) is 37.2 Å². The van der Waals surface area contributed by atoms with Gasteiger partial charge in [-0.15, -0.1) is 0 Å². The highest BCUT2D eigenvalue weighted by molar-refractivity contribution is 7.71. The molecule has 0 spiro atoms. The Bertz CT molecular complexity index is 884. The molecule has 2 aromatic heterocycles. The predicted octanol–water partition coefficient (Wildman–Crippen LogP) is 1.11.